The molecule has 4 heteroatoms. The molecule has 0 spiro atoms. The lowest BCUT2D eigenvalue weighted by Crippen LogP contribution is -2.32. The molecule has 0 aliphatic carbocycles. The third-order valence-electron chi connectivity index (χ3n) is 1.93. The lowest BCUT2D eigenvalue weighted by atomic mass is 10.4. The van der Waals surface area contributed by atoms with Crippen molar-refractivity contribution in [1.82, 2.24) is 0 Å². The summed E-state index contributed by atoms with van der Waals surface area (Å²) in [5.41, 5.74) is 0. The van der Waals surface area contributed by atoms with Gasteiger partial charge in [-0.1, -0.05) is 20.3 Å². The van der Waals surface area contributed by atoms with Crippen LogP contribution in [-0.4, -0.2) is 21.1 Å². The van der Waals surface area contributed by atoms with Crippen molar-refractivity contribution in [3.63, 3.8) is 0 Å². The second kappa shape index (κ2) is 6.02. The molecule has 0 amide bonds. The highest BCUT2D eigenvalue weighted by Crippen LogP contribution is 2.10. The van der Waals surface area contributed by atoms with Crippen molar-refractivity contribution >= 4 is 14.5 Å². The Morgan fingerprint density at radius 3 is 2.38 bits per heavy atom. The van der Waals surface area contributed by atoms with Crippen molar-refractivity contribution in [1.29, 1.82) is 0 Å². The summed E-state index contributed by atoms with van der Waals surface area (Å²) in [6, 6.07) is 0.926. The molecule has 0 unspecified atom stereocenters. The molecule has 0 aliphatic rings. The molecule has 0 aliphatic heterocycles. The highest BCUT2D eigenvalue weighted by Gasteiger charge is 2.25. The normalized spacial score (nSPS) is 11.1. The summed E-state index contributed by atoms with van der Waals surface area (Å²) in [5.74, 6) is 0. The Morgan fingerprint density at radius 1 is 1.31 bits per heavy atom. The monoisotopic (exact) mass is 204 g/mol. The first kappa shape index (κ1) is 12.5. The average Bonchev–Trinajstić information content (AvgIpc) is 2.04. The summed E-state index contributed by atoms with van der Waals surface area (Å²) in [7, 11) is -1.78. The summed E-state index contributed by atoms with van der Waals surface area (Å²) < 4.78 is 10.1. The number of carbonyl (C=O) groups excluding carboxylic acids is 1. The number of hydrogen-bond acceptors (Lipinski definition) is 3. The largest absolute Gasteiger partial charge is 0.494 e. The van der Waals surface area contributed by atoms with Gasteiger partial charge in [0.25, 0.3) is 8.32 Å². The molecule has 0 saturated heterocycles. The van der Waals surface area contributed by atoms with E-state index in [1.54, 1.807) is 0 Å². The summed E-state index contributed by atoms with van der Waals surface area (Å²) in [5, 5.41) is 0. The van der Waals surface area contributed by atoms with Crippen LogP contribution in [0.1, 0.15) is 26.7 Å². The van der Waals surface area contributed by atoms with E-state index in [0.717, 1.165) is 18.9 Å². The molecule has 0 radical (unpaired) electrons. The fourth-order valence-corrected chi connectivity index (χ4v) is 1.28. The van der Waals surface area contributed by atoms with Crippen LogP contribution in [0.3, 0.4) is 0 Å². The summed E-state index contributed by atoms with van der Waals surface area (Å²) >= 11 is 0. The van der Waals surface area contributed by atoms with Crippen molar-refractivity contribution in [2.24, 2.45) is 0 Å². The molecule has 0 bridgehead atoms. The average molecular weight is 204 g/mol. The molecule has 3 nitrogen and oxygen atoms in total. The minimum Gasteiger partial charge on any atom is -0.489 e. The van der Waals surface area contributed by atoms with Gasteiger partial charge >= 0.3 is 6.16 Å². The first-order chi connectivity index (χ1) is 6.02. The highest BCUT2D eigenvalue weighted by atomic mass is 28.4. The topological polar surface area (TPSA) is 35.5 Å². The van der Waals surface area contributed by atoms with Crippen LogP contribution in [-0.2, 0) is 9.16 Å². The lowest BCUT2D eigenvalue weighted by molar-refractivity contribution is 0.0953. The predicted octanol–water partition coefficient (Wildman–Crippen LogP) is 3.16. The molecule has 0 aromatic heterocycles. The van der Waals surface area contributed by atoms with Crippen LogP contribution in [0.5, 0.6) is 0 Å². The molecule has 0 aromatic carbocycles. The van der Waals surface area contributed by atoms with E-state index in [1.807, 2.05) is 20.0 Å². The van der Waals surface area contributed by atoms with E-state index in [2.05, 4.69) is 6.92 Å². The maximum atomic E-state index is 11.1. The standard InChI is InChI=1S/C9H20O3Si/c1-5-7-8-11-9(10)12-13(3,4)6-2/h5-8H2,1-4H3. The van der Waals surface area contributed by atoms with Gasteiger partial charge in [0.1, 0.15) is 0 Å². The molecule has 0 saturated carbocycles. The van der Waals surface area contributed by atoms with Crippen LogP contribution >= 0.6 is 0 Å². The van der Waals surface area contributed by atoms with Gasteiger partial charge in [-0.25, -0.2) is 4.79 Å². The van der Waals surface area contributed by atoms with Gasteiger partial charge in [-0.2, -0.15) is 0 Å². The Hall–Kier alpha value is -0.513. The van der Waals surface area contributed by atoms with E-state index in [0.29, 0.717) is 6.61 Å². The minimum atomic E-state index is -1.78. The van der Waals surface area contributed by atoms with Crippen molar-refractivity contribution in [3.8, 4) is 0 Å². The maximum absolute atomic E-state index is 11.1. The van der Waals surface area contributed by atoms with Crippen molar-refractivity contribution < 1.29 is 14.0 Å². The Bertz CT molecular complexity index is 157. The third kappa shape index (κ3) is 6.63. The molecular weight excluding hydrogens is 184 g/mol. The van der Waals surface area contributed by atoms with Crippen LogP contribution in [0, 0.1) is 0 Å². The van der Waals surface area contributed by atoms with Gasteiger partial charge < -0.3 is 9.16 Å². The predicted molar refractivity (Wildman–Crippen MR) is 55.3 cm³/mol. The summed E-state index contributed by atoms with van der Waals surface area (Å²) in [6.45, 7) is 8.58. The lowest BCUT2D eigenvalue weighted by Gasteiger charge is -2.19. The van der Waals surface area contributed by atoms with Crippen molar-refractivity contribution in [3.05, 3.63) is 0 Å². The molecule has 0 heterocycles. The quantitative estimate of drug-likeness (QED) is 0.392. The Labute approximate surface area is 81.6 Å². The van der Waals surface area contributed by atoms with E-state index in [4.69, 9.17) is 9.16 Å². The number of rotatable bonds is 5. The number of carbonyl (C=O) groups is 1. The Kier molecular flexibility index (Phi) is 5.78. The van der Waals surface area contributed by atoms with Gasteiger partial charge in [-0.05, 0) is 25.6 Å². The summed E-state index contributed by atoms with van der Waals surface area (Å²) in [6.07, 6.45) is 1.44. The van der Waals surface area contributed by atoms with E-state index >= 15 is 0 Å². The van der Waals surface area contributed by atoms with Gasteiger partial charge in [-0.15, -0.1) is 0 Å². The van der Waals surface area contributed by atoms with Gasteiger partial charge in [0.05, 0.1) is 6.61 Å². The van der Waals surface area contributed by atoms with Crippen LogP contribution in [0.15, 0.2) is 0 Å². The molecule has 0 atom stereocenters. The molecule has 0 N–H and O–H groups in total. The Balaban J connectivity index is 3.62. The molecule has 0 aromatic rings. The number of ether oxygens (including phenoxy) is 1. The molecule has 13 heavy (non-hydrogen) atoms. The molecule has 78 valence electrons. The van der Waals surface area contributed by atoms with Crippen LogP contribution in [0.25, 0.3) is 0 Å². The maximum Gasteiger partial charge on any atom is 0.494 e. The van der Waals surface area contributed by atoms with Crippen molar-refractivity contribution in [2.75, 3.05) is 6.61 Å². The fourth-order valence-electron chi connectivity index (χ4n) is 0.627. The smallest absolute Gasteiger partial charge is 0.489 e. The highest BCUT2D eigenvalue weighted by molar-refractivity contribution is 6.72. The van der Waals surface area contributed by atoms with Gasteiger partial charge in [-0.3, -0.25) is 0 Å². The summed E-state index contributed by atoms with van der Waals surface area (Å²) in [4.78, 5) is 11.1. The molecule has 0 rings (SSSR count). The zero-order valence-corrected chi connectivity index (χ0v) is 10.1. The van der Waals surface area contributed by atoms with E-state index in [-0.39, 0.29) is 0 Å². The number of hydrogen-bond donors (Lipinski definition) is 0. The van der Waals surface area contributed by atoms with Gasteiger partial charge in [0.2, 0.25) is 0 Å². The van der Waals surface area contributed by atoms with E-state index in [1.165, 1.54) is 0 Å². The van der Waals surface area contributed by atoms with Crippen molar-refractivity contribution in [2.45, 2.75) is 45.8 Å². The zero-order valence-electron chi connectivity index (χ0n) is 9.05. The van der Waals surface area contributed by atoms with Crippen LogP contribution in [0.4, 0.5) is 4.79 Å². The fraction of sp³-hybridized carbons (Fsp3) is 0.889. The second-order valence-corrected chi connectivity index (χ2v) is 8.10. The zero-order chi connectivity index (χ0) is 10.3. The Morgan fingerprint density at radius 2 is 1.92 bits per heavy atom. The SMILES string of the molecule is CCCCOC(=O)O[Si](C)(C)CC. The van der Waals surface area contributed by atoms with E-state index < -0.39 is 14.5 Å². The number of unbranched alkanes of at least 4 members (excludes halogenated alkanes) is 1. The third-order valence-corrected chi connectivity index (χ3v) is 4.35. The van der Waals surface area contributed by atoms with Crippen LogP contribution < -0.4 is 0 Å². The first-order valence-corrected chi connectivity index (χ1v) is 7.99. The minimum absolute atomic E-state index is 0.476. The van der Waals surface area contributed by atoms with E-state index in [9.17, 15) is 4.79 Å². The van der Waals surface area contributed by atoms with Gasteiger partial charge in [0, 0.05) is 0 Å². The molecule has 0 fully saturated rings. The first-order valence-electron chi connectivity index (χ1n) is 4.87. The van der Waals surface area contributed by atoms with Gasteiger partial charge in [0.15, 0.2) is 0 Å². The van der Waals surface area contributed by atoms with Crippen LogP contribution in [0.2, 0.25) is 19.1 Å². The second-order valence-electron chi connectivity index (χ2n) is 3.67. The molecular formula is C9H20O3Si.